The zero-order valence-corrected chi connectivity index (χ0v) is 9.30. The zero-order valence-electron chi connectivity index (χ0n) is 8.48. The van der Waals surface area contributed by atoms with Gasteiger partial charge in [0.15, 0.2) is 5.78 Å². The molecular formula is C10H13NO2S. The van der Waals surface area contributed by atoms with Gasteiger partial charge in [-0.2, -0.15) is 0 Å². The second-order valence-corrected chi connectivity index (χ2v) is 5.29. The topological polar surface area (TPSA) is 47.0 Å². The van der Waals surface area contributed by atoms with Gasteiger partial charge in [0, 0.05) is 18.4 Å². The van der Waals surface area contributed by atoms with E-state index < -0.39 is 10.8 Å². The molecule has 14 heavy (non-hydrogen) atoms. The van der Waals surface area contributed by atoms with Gasteiger partial charge in [-0.05, 0) is 12.1 Å². The van der Waals surface area contributed by atoms with E-state index in [1.165, 1.54) is 13.1 Å². The number of pyridine rings is 1. The summed E-state index contributed by atoms with van der Waals surface area (Å²) < 4.78 is 11.6. The van der Waals surface area contributed by atoms with Gasteiger partial charge < -0.3 is 0 Å². The molecule has 0 saturated heterocycles. The lowest BCUT2D eigenvalue weighted by atomic mass is 10.3. The van der Waals surface area contributed by atoms with E-state index in [4.69, 9.17) is 0 Å². The van der Waals surface area contributed by atoms with Crippen LogP contribution in [-0.4, -0.2) is 20.2 Å². The summed E-state index contributed by atoms with van der Waals surface area (Å²) in [6.07, 6.45) is 1.51. The normalized spacial score (nSPS) is 12.9. The lowest BCUT2D eigenvalue weighted by Gasteiger charge is -2.04. The average molecular weight is 211 g/mol. The predicted molar refractivity (Wildman–Crippen MR) is 55.8 cm³/mol. The Morgan fingerprint density at radius 1 is 1.43 bits per heavy atom. The van der Waals surface area contributed by atoms with Crippen molar-refractivity contribution in [2.45, 2.75) is 30.9 Å². The third kappa shape index (κ3) is 2.48. The summed E-state index contributed by atoms with van der Waals surface area (Å²) >= 11 is 0. The largest absolute Gasteiger partial charge is 0.293 e. The molecule has 0 radical (unpaired) electrons. The van der Waals surface area contributed by atoms with E-state index >= 15 is 0 Å². The SMILES string of the molecule is CC(=O)c1ccc(S(=O)C(C)C)cn1. The molecule has 0 aliphatic rings. The van der Waals surface area contributed by atoms with Crippen molar-refractivity contribution in [1.29, 1.82) is 0 Å². The van der Waals surface area contributed by atoms with Crippen molar-refractivity contribution in [3.8, 4) is 0 Å². The Hall–Kier alpha value is -1.03. The van der Waals surface area contributed by atoms with Crippen LogP contribution in [0.1, 0.15) is 31.3 Å². The van der Waals surface area contributed by atoms with Crippen molar-refractivity contribution >= 4 is 16.6 Å². The molecule has 1 aromatic heterocycles. The molecule has 0 fully saturated rings. The third-order valence-corrected chi connectivity index (χ3v) is 3.32. The highest BCUT2D eigenvalue weighted by molar-refractivity contribution is 7.85. The monoisotopic (exact) mass is 211 g/mol. The number of hydrogen-bond acceptors (Lipinski definition) is 3. The summed E-state index contributed by atoms with van der Waals surface area (Å²) in [5, 5.41) is 0.0694. The van der Waals surface area contributed by atoms with Gasteiger partial charge in [0.25, 0.3) is 0 Å². The molecule has 0 N–H and O–H groups in total. The van der Waals surface area contributed by atoms with Crippen LogP contribution in [0, 0.1) is 0 Å². The van der Waals surface area contributed by atoms with Crippen molar-refractivity contribution in [1.82, 2.24) is 4.98 Å². The van der Waals surface area contributed by atoms with Gasteiger partial charge in [-0.25, -0.2) is 0 Å². The number of hydrogen-bond donors (Lipinski definition) is 0. The van der Waals surface area contributed by atoms with Gasteiger partial charge >= 0.3 is 0 Å². The van der Waals surface area contributed by atoms with E-state index in [1.54, 1.807) is 12.1 Å². The molecule has 3 nitrogen and oxygen atoms in total. The van der Waals surface area contributed by atoms with Crippen molar-refractivity contribution in [2.24, 2.45) is 0 Å². The summed E-state index contributed by atoms with van der Waals surface area (Å²) in [4.78, 5) is 15.5. The van der Waals surface area contributed by atoms with Gasteiger partial charge in [0.2, 0.25) is 0 Å². The van der Waals surface area contributed by atoms with E-state index in [-0.39, 0.29) is 11.0 Å². The Kier molecular flexibility index (Phi) is 3.52. The van der Waals surface area contributed by atoms with Gasteiger partial charge in [0.1, 0.15) is 5.69 Å². The summed E-state index contributed by atoms with van der Waals surface area (Å²) in [5.41, 5.74) is 0.412. The number of nitrogens with zero attached hydrogens (tertiary/aromatic N) is 1. The highest BCUT2D eigenvalue weighted by Gasteiger charge is 2.09. The van der Waals surface area contributed by atoms with E-state index in [1.807, 2.05) is 13.8 Å². The number of ketones is 1. The third-order valence-electron chi connectivity index (χ3n) is 1.76. The second kappa shape index (κ2) is 4.46. The Morgan fingerprint density at radius 2 is 2.07 bits per heavy atom. The highest BCUT2D eigenvalue weighted by Crippen LogP contribution is 2.10. The molecule has 0 amide bonds. The maximum atomic E-state index is 11.6. The molecule has 0 bridgehead atoms. The summed E-state index contributed by atoms with van der Waals surface area (Å²) in [5.74, 6) is -0.0770. The van der Waals surface area contributed by atoms with Crippen LogP contribution in [0.5, 0.6) is 0 Å². The first-order chi connectivity index (χ1) is 6.52. The van der Waals surface area contributed by atoms with E-state index in [0.29, 0.717) is 10.6 Å². The number of carbonyl (C=O) groups is 1. The molecule has 1 atom stereocenters. The average Bonchev–Trinajstić information content (AvgIpc) is 2.16. The van der Waals surface area contributed by atoms with Crippen LogP contribution in [-0.2, 0) is 10.8 Å². The maximum Gasteiger partial charge on any atom is 0.178 e. The maximum absolute atomic E-state index is 11.6. The number of rotatable bonds is 3. The molecule has 1 unspecified atom stereocenters. The first-order valence-corrected chi connectivity index (χ1v) is 5.61. The lowest BCUT2D eigenvalue weighted by Crippen LogP contribution is -2.07. The van der Waals surface area contributed by atoms with Crippen LogP contribution in [0.25, 0.3) is 0 Å². The molecule has 1 heterocycles. The summed E-state index contributed by atoms with van der Waals surface area (Å²) in [6, 6.07) is 3.30. The van der Waals surface area contributed by atoms with Crippen LogP contribution in [0.4, 0.5) is 0 Å². The molecule has 0 aliphatic heterocycles. The van der Waals surface area contributed by atoms with Gasteiger partial charge in [0.05, 0.1) is 15.7 Å². The van der Waals surface area contributed by atoms with E-state index in [2.05, 4.69) is 4.98 Å². The van der Waals surface area contributed by atoms with Crippen LogP contribution < -0.4 is 0 Å². The standard InChI is InChI=1S/C10H13NO2S/c1-7(2)14(13)9-4-5-10(8(3)12)11-6-9/h4-7H,1-3H3. The van der Waals surface area contributed by atoms with Crippen LogP contribution in [0.2, 0.25) is 0 Å². The highest BCUT2D eigenvalue weighted by atomic mass is 32.2. The molecule has 1 rings (SSSR count). The molecule has 0 spiro atoms. The zero-order chi connectivity index (χ0) is 10.7. The molecule has 76 valence electrons. The van der Waals surface area contributed by atoms with Crippen LogP contribution in [0.15, 0.2) is 23.2 Å². The summed E-state index contributed by atoms with van der Waals surface area (Å²) in [6.45, 7) is 5.23. The lowest BCUT2D eigenvalue weighted by molar-refractivity contribution is 0.101. The molecule has 0 saturated carbocycles. The predicted octanol–water partition coefficient (Wildman–Crippen LogP) is 1.80. The minimum absolute atomic E-state index is 0.0694. The number of Topliss-reactive ketones (excluding diaryl/α,β-unsaturated/α-hetero) is 1. The fraction of sp³-hybridized carbons (Fsp3) is 0.400. The fourth-order valence-electron chi connectivity index (χ4n) is 0.980. The van der Waals surface area contributed by atoms with E-state index in [9.17, 15) is 9.00 Å². The van der Waals surface area contributed by atoms with Crippen LogP contribution >= 0.6 is 0 Å². The minimum Gasteiger partial charge on any atom is -0.293 e. The van der Waals surface area contributed by atoms with Gasteiger partial charge in [-0.3, -0.25) is 14.0 Å². The summed E-state index contributed by atoms with van der Waals surface area (Å²) in [7, 11) is -1.03. The van der Waals surface area contributed by atoms with Crippen molar-refractivity contribution in [3.63, 3.8) is 0 Å². The Morgan fingerprint density at radius 3 is 2.43 bits per heavy atom. The Bertz CT molecular complexity index is 357. The molecule has 0 aliphatic carbocycles. The molecule has 4 heteroatoms. The Labute approximate surface area is 86.0 Å². The number of aromatic nitrogens is 1. The van der Waals surface area contributed by atoms with Crippen LogP contribution in [0.3, 0.4) is 0 Å². The quantitative estimate of drug-likeness (QED) is 0.716. The minimum atomic E-state index is -1.03. The smallest absolute Gasteiger partial charge is 0.178 e. The number of carbonyl (C=O) groups excluding carboxylic acids is 1. The fourth-order valence-corrected chi connectivity index (χ4v) is 1.88. The Balaban J connectivity index is 2.94. The second-order valence-electron chi connectivity index (χ2n) is 3.28. The first kappa shape index (κ1) is 11.0. The van der Waals surface area contributed by atoms with Gasteiger partial charge in [-0.15, -0.1) is 0 Å². The van der Waals surface area contributed by atoms with Gasteiger partial charge in [-0.1, -0.05) is 13.8 Å². The molecular weight excluding hydrogens is 198 g/mol. The first-order valence-electron chi connectivity index (χ1n) is 4.40. The van der Waals surface area contributed by atoms with E-state index in [0.717, 1.165) is 0 Å². The van der Waals surface area contributed by atoms with Crippen molar-refractivity contribution < 1.29 is 9.00 Å². The molecule has 1 aromatic rings. The molecule has 0 aromatic carbocycles. The van der Waals surface area contributed by atoms with Crippen molar-refractivity contribution in [3.05, 3.63) is 24.0 Å². The van der Waals surface area contributed by atoms with Crippen molar-refractivity contribution in [2.75, 3.05) is 0 Å².